The van der Waals surface area contributed by atoms with Gasteiger partial charge in [0.05, 0.1) is 0 Å². The SMILES string of the molecule is [Fe].[MgH2].[Mn][Mo].[NaH].[Zn]. The van der Waals surface area contributed by atoms with Gasteiger partial charge >= 0.3 is 83.7 Å². The molecule has 0 aliphatic carbocycles. The summed E-state index contributed by atoms with van der Waals surface area (Å²) >= 11 is 4.71. The molecule has 0 saturated heterocycles. The Balaban J connectivity index is -0.000000000833. The zero-order valence-corrected chi connectivity index (χ0v) is 9.11. The largest absolute Gasteiger partial charge is 0 e. The van der Waals surface area contributed by atoms with Crippen LogP contribution in [-0.2, 0) is 67.7 Å². The van der Waals surface area contributed by atoms with Crippen molar-refractivity contribution in [3.63, 3.8) is 0 Å². The smallest absolute Gasteiger partial charge is 0 e. The van der Waals surface area contributed by atoms with Crippen molar-refractivity contribution in [3.8, 4) is 0 Å². The maximum Gasteiger partial charge on any atom is 0 e. The first kappa shape index (κ1) is 32.1. The van der Waals surface area contributed by atoms with Crippen LogP contribution in [0.3, 0.4) is 0 Å². The van der Waals surface area contributed by atoms with Crippen LogP contribution >= 0.6 is 0 Å². The fraction of sp³-hybridized carbons (Fsp3) is 0. The summed E-state index contributed by atoms with van der Waals surface area (Å²) in [5, 5.41) is 0. The van der Waals surface area contributed by atoms with Crippen LogP contribution in [-0.4, -0.2) is 52.6 Å². The Bertz CT molecular complexity index is 15.5. The molecule has 0 nitrogen and oxygen atoms in total. The zero-order valence-electron chi connectivity index (χ0n) is 1.85. The van der Waals surface area contributed by atoms with Gasteiger partial charge in [0, 0.05) is 36.5 Å². The topological polar surface area (TPSA) is 0 Å². The van der Waals surface area contributed by atoms with E-state index in [2.05, 4.69) is 13.4 Å². The van der Waals surface area contributed by atoms with E-state index in [0.717, 1.165) is 0 Å². The van der Waals surface area contributed by atoms with Crippen LogP contribution in [0.5, 0.6) is 0 Å². The predicted octanol–water partition coefficient (Wildman–Crippen LogP) is -1.57. The van der Waals surface area contributed by atoms with Crippen molar-refractivity contribution in [2.24, 2.45) is 0 Å². The van der Waals surface area contributed by atoms with E-state index in [1.807, 2.05) is 0 Å². The molecular formula is H3FeMgMnMoNaZn. The van der Waals surface area contributed by atoms with Gasteiger partial charge in [0.1, 0.15) is 0 Å². The normalized spacial score (nSPS) is 0.833. The molecule has 0 spiro atoms. The molecule has 0 bridgehead atoms. The first-order chi connectivity index (χ1) is 1.00. The van der Waals surface area contributed by atoms with Gasteiger partial charge in [0.25, 0.3) is 0 Å². The second kappa shape index (κ2) is 35.4. The Kier molecular flexibility index (Phi) is 190. The second-order valence-electron chi connectivity index (χ2n) is 0. The van der Waals surface area contributed by atoms with Crippen LogP contribution < -0.4 is 0 Å². The van der Waals surface area contributed by atoms with E-state index in [9.17, 15) is 0 Å². The van der Waals surface area contributed by atoms with E-state index >= 15 is 0 Å². The molecular weight excluding hydrogens is 319 g/mol. The van der Waals surface area contributed by atoms with E-state index in [1.165, 1.54) is 0 Å². The average Bonchev–Trinajstić information content (AvgIpc) is 1.00. The summed E-state index contributed by atoms with van der Waals surface area (Å²) in [7, 11) is 0. The van der Waals surface area contributed by atoms with Crippen LogP contribution in [0.4, 0.5) is 0 Å². The Morgan fingerprint density at radius 3 is 1.17 bits per heavy atom. The van der Waals surface area contributed by atoms with E-state index in [1.54, 1.807) is 17.7 Å². The first-order valence-electron chi connectivity index (χ1n) is 0.154. The van der Waals surface area contributed by atoms with Gasteiger partial charge in [-0.25, -0.2) is 0 Å². The molecule has 0 fully saturated rings. The second-order valence-corrected chi connectivity index (χ2v) is 0. The van der Waals surface area contributed by atoms with Gasteiger partial charge < -0.3 is 0 Å². The third-order valence-electron chi connectivity index (χ3n) is 0. The summed E-state index contributed by atoms with van der Waals surface area (Å²) in [6.07, 6.45) is 0. The van der Waals surface area contributed by atoms with Crippen molar-refractivity contribution in [2.75, 3.05) is 0 Å². The molecule has 0 aromatic heterocycles. The fourth-order valence-corrected chi connectivity index (χ4v) is 0. The molecule has 0 heterocycles. The van der Waals surface area contributed by atoms with Crippen molar-refractivity contribution in [2.45, 2.75) is 0 Å². The molecule has 6 heavy (non-hydrogen) atoms. The average molecular weight is 322 g/mol. The minimum absolute atomic E-state index is 0. The standard InChI is InChI=1S/Fe.Mg.Mn.Mo.Na.Zn.3H. The van der Waals surface area contributed by atoms with Gasteiger partial charge in [-0.05, 0) is 0 Å². The maximum absolute atomic E-state index is 2.95. The third kappa shape index (κ3) is 24.3. The molecule has 0 saturated carbocycles. The molecule has 0 unspecified atom stereocenters. The van der Waals surface area contributed by atoms with Crippen LogP contribution in [0.15, 0.2) is 0 Å². The van der Waals surface area contributed by atoms with Crippen LogP contribution in [0, 0.1) is 0 Å². The monoisotopic (exact) mass is 323 g/mol. The number of hydrogen-bond donors (Lipinski definition) is 0. The van der Waals surface area contributed by atoms with Crippen LogP contribution in [0.2, 0.25) is 0 Å². The fourth-order valence-electron chi connectivity index (χ4n) is 0. The van der Waals surface area contributed by atoms with Gasteiger partial charge in [-0.1, -0.05) is 0 Å². The predicted molar refractivity (Wildman–Crippen MR) is 15.7 cm³/mol. The summed E-state index contributed by atoms with van der Waals surface area (Å²) in [6.45, 7) is 0. The van der Waals surface area contributed by atoms with E-state index in [4.69, 9.17) is 0 Å². The quantitative estimate of drug-likeness (QED) is 0.473. The molecule has 0 aromatic carbocycles. The van der Waals surface area contributed by atoms with Gasteiger partial charge in [-0.2, -0.15) is 0 Å². The van der Waals surface area contributed by atoms with Gasteiger partial charge in [-0.15, -0.1) is 0 Å². The van der Waals surface area contributed by atoms with Gasteiger partial charge in [0.2, 0.25) is 0 Å². The molecule has 29 valence electrons. The third-order valence-corrected chi connectivity index (χ3v) is 0. The molecule has 0 atom stereocenters. The molecule has 6 heteroatoms. The van der Waals surface area contributed by atoms with Crippen molar-refractivity contribution in [1.29, 1.82) is 0 Å². The van der Waals surface area contributed by atoms with E-state index in [-0.39, 0.29) is 89.2 Å². The molecule has 0 aliphatic rings. The number of rotatable bonds is 0. The Morgan fingerprint density at radius 2 is 1.17 bits per heavy atom. The summed E-state index contributed by atoms with van der Waals surface area (Å²) in [5.74, 6) is 0. The minimum atomic E-state index is 0. The Morgan fingerprint density at radius 1 is 1.17 bits per heavy atom. The summed E-state index contributed by atoms with van der Waals surface area (Å²) in [5.41, 5.74) is 0. The van der Waals surface area contributed by atoms with Crippen molar-refractivity contribution < 1.29 is 67.7 Å². The summed E-state index contributed by atoms with van der Waals surface area (Å²) < 4.78 is 0. The van der Waals surface area contributed by atoms with Crippen molar-refractivity contribution in [3.05, 3.63) is 0 Å². The zero-order chi connectivity index (χ0) is 2.00. The van der Waals surface area contributed by atoms with E-state index < -0.39 is 0 Å². The maximum atomic E-state index is 2.95. The molecule has 0 aromatic rings. The molecule has 0 radical (unpaired) electrons. The van der Waals surface area contributed by atoms with Gasteiger partial charge in [-0.3, -0.25) is 0 Å². The van der Waals surface area contributed by atoms with Crippen molar-refractivity contribution in [1.82, 2.24) is 0 Å². The molecule has 0 N–H and O–H groups in total. The Labute approximate surface area is 117 Å². The number of hydrogen-bond acceptors (Lipinski definition) is 0. The molecule has 0 aliphatic heterocycles. The van der Waals surface area contributed by atoms with Crippen LogP contribution in [0.1, 0.15) is 0 Å². The first-order valence-corrected chi connectivity index (χ1v) is 3.76. The van der Waals surface area contributed by atoms with Crippen molar-refractivity contribution >= 4 is 52.6 Å². The van der Waals surface area contributed by atoms with Gasteiger partial charge in [0.15, 0.2) is 0 Å². The minimum Gasteiger partial charge on any atom is 0 e. The van der Waals surface area contributed by atoms with Crippen LogP contribution in [0.25, 0.3) is 0 Å². The summed E-state index contributed by atoms with van der Waals surface area (Å²) in [6, 6.07) is 0. The van der Waals surface area contributed by atoms with E-state index in [0.29, 0.717) is 0 Å². The molecule has 0 rings (SSSR count). The summed E-state index contributed by atoms with van der Waals surface area (Å²) in [4.78, 5) is 0. The Hall–Kier alpha value is 4.12. The molecule has 0 amide bonds.